The van der Waals surface area contributed by atoms with E-state index >= 15 is 0 Å². The van der Waals surface area contributed by atoms with Gasteiger partial charge in [-0.1, -0.05) is 36.8 Å². The Bertz CT molecular complexity index is 429. The molecule has 0 radical (unpaired) electrons. The number of hydrogen-bond acceptors (Lipinski definition) is 2. The molecular weight excluding hydrogens is 375 g/mol. The fourth-order valence-electron chi connectivity index (χ4n) is 2.43. The fourth-order valence-corrected chi connectivity index (χ4v) is 2.43. The largest absolute Gasteiger partial charge is 0.370 e. The van der Waals surface area contributed by atoms with Crippen LogP contribution < -0.4 is 11.1 Å². The number of halogens is 1. The number of benzene rings is 1. The maximum absolute atomic E-state index is 5.95. The first-order chi connectivity index (χ1) is 9.66. The van der Waals surface area contributed by atoms with Crippen molar-refractivity contribution in [3.63, 3.8) is 0 Å². The zero-order chi connectivity index (χ0) is 14.4. The smallest absolute Gasteiger partial charge is 0.188 e. The van der Waals surface area contributed by atoms with Crippen molar-refractivity contribution in [3.8, 4) is 0 Å². The second-order valence-corrected chi connectivity index (χ2v) is 5.79. The minimum absolute atomic E-state index is 0. The van der Waals surface area contributed by atoms with Gasteiger partial charge in [0.25, 0.3) is 0 Å². The standard InChI is InChI=1S/C16H26N4.HI/c1-20(2)15(14-9-4-3-5-10-14)12-19-16(17)18-11-13-7-6-8-13;/h3-5,9-10,13,15H,6-8,11-12H2,1-2H3,(H3,17,18,19);1H. The van der Waals surface area contributed by atoms with E-state index in [4.69, 9.17) is 5.73 Å². The van der Waals surface area contributed by atoms with Gasteiger partial charge in [0.1, 0.15) is 0 Å². The lowest BCUT2D eigenvalue weighted by Crippen LogP contribution is -2.38. The van der Waals surface area contributed by atoms with Gasteiger partial charge in [-0.3, -0.25) is 4.99 Å². The molecule has 1 atom stereocenters. The van der Waals surface area contributed by atoms with Gasteiger partial charge in [0.15, 0.2) is 5.96 Å². The predicted octanol–water partition coefficient (Wildman–Crippen LogP) is 2.61. The zero-order valence-corrected chi connectivity index (χ0v) is 15.3. The Kier molecular flexibility index (Phi) is 8.03. The Morgan fingerprint density at radius 3 is 2.52 bits per heavy atom. The lowest BCUT2D eigenvalue weighted by molar-refractivity contribution is 0.305. The summed E-state index contributed by atoms with van der Waals surface area (Å²) in [6, 6.07) is 10.7. The molecule has 1 unspecified atom stereocenters. The van der Waals surface area contributed by atoms with Gasteiger partial charge in [-0.05, 0) is 38.4 Å². The molecule has 21 heavy (non-hydrogen) atoms. The molecular formula is C16H27IN4. The van der Waals surface area contributed by atoms with E-state index in [1.54, 1.807) is 0 Å². The average Bonchev–Trinajstić information content (AvgIpc) is 2.38. The molecule has 118 valence electrons. The van der Waals surface area contributed by atoms with Crippen molar-refractivity contribution >= 4 is 29.9 Å². The Labute approximate surface area is 145 Å². The highest BCUT2D eigenvalue weighted by Gasteiger charge is 2.17. The van der Waals surface area contributed by atoms with Crippen molar-refractivity contribution in [2.24, 2.45) is 16.6 Å². The highest BCUT2D eigenvalue weighted by molar-refractivity contribution is 14.0. The Hall–Kier alpha value is -0.820. The lowest BCUT2D eigenvalue weighted by atomic mass is 9.85. The summed E-state index contributed by atoms with van der Waals surface area (Å²) >= 11 is 0. The van der Waals surface area contributed by atoms with Crippen LogP contribution in [0.3, 0.4) is 0 Å². The summed E-state index contributed by atoms with van der Waals surface area (Å²) in [5.74, 6) is 1.36. The van der Waals surface area contributed by atoms with Crippen molar-refractivity contribution in [1.82, 2.24) is 10.2 Å². The highest BCUT2D eigenvalue weighted by Crippen LogP contribution is 2.25. The van der Waals surface area contributed by atoms with Gasteiger partial charge in [-0.15, -0.1) is 24.0 Å². The van der Waals surface area contributed by atoms with E-state index in [1.807, 2.05) is 6.07 Å². The van der Waals surface area contributed by atoms with Crippen LogP contribution in [0.5, 0.6) is 0 Å². The molecule has 0 heterocycles. The molecule has 1 aromatic carbocycles. The first kappa shape index (κ1) is 18.2. The molecule has 0 saturated heterocycles. The molecule has 0 aromatic heterocycles. The summed E-state index contributed by atoms with van der Waals surface area (Å²) in [5.41, 5.74) is 7.22. The van der Waals surface area contributed by atoms with Crippen molar-refractivity contribution in [1.29, 1.82) is 0 Å². The average molecular weight is 402 g/mol. The van der Waals surface area contributed by atoms with Crippen molar-refractivity contribution in [2.75, 3.05) is 27.2 Å². The van der Waals surface area contributed by atoms with E-state index in [0.29, 0.717) is 12.5 Å². The van der Waals surface area contributed by atoms with Crippen LogP contribution in [0.2, 0.25) is 0 Å². The van der Waals surface area contributed by atoms with E-state index < -0.39 is 0 Å². The van der Waals surface area contributed by atoms with Crippen LogP contribution in [0.1, 0.15) is 30.9 Å². The molecule has 0 amide bonds. The van der Waals surface area contributed by atoms with Crippen LogP contribution in [0, 0.1) is 5.92 Å². The third-order valence-electron chi connectivity index (χ3n) is 4.04. The van der Waals surface area contributed by atoms with E-state index in [2.05, 4.69) is 53.6 Å². The van der Waals surface area contributed by atoms with Gasteiger partial charge in [-0.25, -0.2) is 0 Å². The van der Waals surface area contributed by atoms with E-state index in [0.717, 1.165) is 12.5 Å². The molecule has 1 aromatic rings. The number of rotatable bonds is 6. The number of guanidine groups is 1. The van der Waals surface area contributed by atoms with Crippen LogP contribution in [-0.4, -0.2) is 38.0 Å². The van der Waals surface area contributed by atoms with Crippen LogP contribution in [0.15, 0.2) is 35.3 Å². The Morgan fingerprint density at radius 2 is 2.00 bits per heavy atom. The summed E-state index contributed by atoms with van der Waals surface area (Å²) in [7, 11) is 4.15. The molecule has 0 bridgehead atoms. The lowest BCUT2D eigenvalue weighted by Gasteiger charge is -2.26. The SMILES string of the molecule is CN(C)C(CN=C(N)NCC1CCC1)c1ccccc1.I. The zero-order valence-electron chi connectivity index (χ0n) is 13.0. The normalized spacial score (nSPS) is 17.0. The van der Waals surface area contributed by atoms with Gasteiger partial charge >= 0.3 is 0 Å². The second-order valence-electron chi connectivity index (χ2n) is 5.79. The third kappa shape index (κ3) is 5.82. The molecule has 1 fully saturated rings. The third-order valence-corrected chi connectivity index (χ3v) is 4.04. The fraction of sp³-hybridized carbons (Fsp3) is 0.562. The van der Waals surface area contributed by atoms with Crippen LogP contribution >= 0.6 is 24.0 Å². The quantitative estimate of drug-likeness (QED) is 0.437. The first-order valence-corrected chi connectivity index (χ1v) is 7.42. The van der Waals surface area contributed by atoms with Crippen molar-refractivity contribution < 1.29 is 0 Å². The number of hydrogen-bond donors (Lipinski definition) is 2. The Balaban J connectivity index is 0.00000220. The van der Waals surface area contributed by atoms with Gasteiger partial charge in [0.2, 0.25) is 0 Å². The van der Waals surface area contributed by atoms with Crippen LogP contribution in [-0.2, 0) is 0 Å². The summed E-state index contributed by atoms with van der Waals surface area (Å²) in [4.78, 5) is 6.67. The number of nitrogens with one attached hydrogen (secondary N) is 1. The van der Waals surface area contributed by atoms with Gasteiger partial charge < -0.3 is 16.0 Å². The van der Waals surface area contributed by atoms with Gasteiger partial charge in [0, 0.05) is 6.54 Å². The summed E-state index contributed by atoms with van der Waals surface area (Å²) in [6.07, 6.45) is 4.01. The maximum Gasteiger partial charge on any atom is 0.188 e. The van der Waals surface area contributed by atoms with E-state index in [9.17, 15) is 0 Å². The van der Waals surface area contributed by atoms with Crippen LogP contribution in [0.4, 0.5) is 0 Å². The summed E-state index contributed by atoms with van der Waals surface area (Å²) in [5, 5.41) is 3.24. The Morgan fingerprint density at radius 1 is 1.33 bits per heavy atom. The van der Waals surface area contributed by atoms with E-state index in [1.165, 1.54) is 24.8 Å². The van der Waals surface area contributed by atoms with Crippen molar-refractivity contribution in [3.05, 3.63) is 35.9 Å². The number of likely N-dealkylation sites (N-methyl/N-ethyl adjacent to an activating group) is 1. The van der Waals surface area contributed by atoms with Gasteiger partial charge in [-0.2, -0.15) is 0 Å². The number of nitrogens with two attached hydrogens (primary N) is 1. The highest BCUT2D eigenvalue weighted by atomic mass is 127. The molecule has 2 rings (SSSR count). The molecule has 1 aliphatic carbocycles. The molecule has 0 spiro atoms. The minimum atomic E-state index is 0. The summed E-state index contributed by atoms with van der Waals surface area (Å²) < 4.78 is 0. The predicted molar refractivity (Wildman–Crippen MR) is 100 cm³/mol. The molecule has 3 N–H and O–H groups in total. The van der Waals surface area contributed by atoms with Crippen molar-refractivity contribution in [2.45, 2.75) is 25.3 Å². The molecule has 5 heteroatoms. The summed E-state index contributed by atoms with van der Waals surface area (Å²) in [6.45, 7) is 1.65. The van der Waals surface area contributed by atoms with Crippen LogP contribution in [0.25, 0.3) is 0 Å². The molecule has 1 saturated carbocycles. The monoisotopic (exact) mass is 402 g/mol. The number of aliphatic imine (C=N–C) groups is 1. The molecule has 0 aliphatic heterocycles. The maximum atomic E-state index is 5.95. The molecule has 1 aliphatic rings. The minimum Gasteiger partial charge on any atom is -0.370 e. The first-order valence-electron chi connectivity index (χ1n) is 7.42. The van der Waals surface area contributed by atoms with E-state index in [-0.39, 0.29) is 30.0 Å². The number of nitrogens with zero attached hydrogens (tertiary/aromatic N) is 2. The molecule has 4 nitrogen and oxygen atoms in total. The van der Waals surface area contributed by atoms with Gasteiger partial charge in [0.05, 0.1) is 12.6 Å². The topological polar surface area (TPSA) is 53.6 Å². The second kappa shape index (κ2) is 9.25.